The molecule has 1 aromatic heterocycles. The van der Waals surface area contributed by atoms with Crippen molar-refractivity contribution in [3.8, 4) is 0 Å². The number of hydrogen-bond acceptors (Lipinski definition) is 3. The monoisotopic (exact) mass is 316 g/mol. The highest BCUT2D eigenvalue weighted by molar-refractivity contribution is 6.04. The summed E-state index contributed by atoms with van der Waals surface area (Å²) >= 11 is 0. The molecule has 3 rings (SSSR count). The van der Waals surface area contributed by atoms with Crippen molar-refractivity contribution in [2.75, 3.05) is 0 Å². The van der Waals surface area contributed by atoms with Crippen LogP contribution in [0.4, 0.5) is 8.78 Å². The molecule has 118 valence electrons. The highest BCUT2D eigenvalue weighted by Crippen LogP contribution is 2.22. The van der Waals surface area contributed by atoms with E-state index < -0.39 is 17.5 Å². The Hall–Kier alpha value is -2.80. The Kier molecular flexibility index (Phi) is 3.79. The number of halogens is 2. The second-order valence-electron chi connectivity index (χ2n) is 5.24. The first kappa shape index (κ1) is 15.1. The van der Waals surface area contributed by atoms with E-state index in [1.165, 1.54) is 16.8 Å². The molecular formula is C16H14F2N4O. The number of nitrogen functional groups attached to an aromatic ring is 1. The number of nitrogens with one attached hydrogen (secondary N) is 1. The predicted molar refractivity (Wildman–Crippen MR) is 81.6 cm³/mol. The molecule has 2 aromatic carbocycles. The van der Waals surface area contributed by atoms with E-state index in [2.05, 4.69) is 5.10 Å². The quantitative estimate of drug-likeness (QED) is 0.442. The number of hydrazine groups is 1. The number of nitrogens with zero attached hydrogens (tertiary/aromatic N) is 2. The number of rotatable bonds is 3. The van der Waals surface area contributed by atoms with Crippen LogP contribution >= 0.6 is 0 Å². The van der Waals surface area contributed by atoms with E-state index in [0.29, 0.717) is 10.9 Å². The normalized spacial score (nSPS) is 11.0. The number of nitrogens with two attached hydrogens (primary N) is 1. The summed E-state index contributed by atoms with van der Waals surface area (Å²) in [5.74, 6) is 3.34. The fraction of sp³-hybridized carbons (Fsp3) is 0.125. The van der Waals surface area contributed by atoms with Gasteiger partial charge in [0.25, 0.3) is 5.91 Å². The molecule has 0 atom stereocenters. The van der Waals surface area contributed by atoms with Gasteiger partial charge in [-0.1, -0.05) is 18.2 Å². The molecule has 0 saturated carbocycles. The van der Waals surface area contributed by atoms with Gasteiger partial charge in [0.05, 0.1) is 12.1 Å². The Morgan fingerprint density at radius 2 is 2.04 bits per heavy atom. The Morgan fingerprint density at radius 1 is 1.26 bits per heavy atom. The van der Waals surface area contributed by atoms with E-state index in [-0.39, 0.29) is 17.8 Å². The van der Waals surface area contributed by atoms with Gasteiger partial charge in [-0.3, -0.25) is 14.9 Å². The summed E-state index contributed by atoms with van der Waals surface area (Å²) in [4.78, 5) is 11.9. The van der Waals surface area contributed by atoms with Crippen LogP contribution in [0.5, 0.6) is 0 Å². The topological polar surface area (TPSA) is 72.9 Å². The zero-order chi connectivity index (χ0) is 16.6. The number of benzene rings is 2. The molecule has 0 aliphatic heterocycles. The molecular weight excluding hydrogens is 302 g/mol. The van der Waals surface area contributed by atoms with Crippen LogP contribution in [0.1, 0.15) is 21.6 Å². The van der Waals surface area contributed by atoms with Gasteiger partial charge in [0.1, 0.15) is 11.6 Å². The van der Waals surface area contributed by atoms with Crippen molar-refractivity contribution in [1.29, 1.82) is 0 Å². The minimum absolute atomic E-state index is 0.0733. The third-order valence-electron chi connectivity index (χ3n) is 3.59. The molecule has 0 saturated heterocycles. The zero-order valence-electron chi connectivity index (χ0n) is 12.3. The molecule has 5 nitrogen and oxygen atoms in total. The van der Waals surface area contributed by atoms with E-state index in [1.54, 1.807) is 6.07 Å². The lowest BCUT2D eigenvalue weighted by molar-refractivity contribution is 0.0949. The Balaban J connectivity index is 2.13. The van der Waals surface area contributed by atoms with Crippen molar-refractivity contribution < 1.29 is 13.6 Å². The number of aryl methyl sites for hydroxylation is 1. The van der Waals surface area contributed by atoms with Gasteiger partial charge in [-0.15, -0.1) is 0 Å². The summed E-state index contributed by atoms with van der Waals surface area (Å²) in [5.41, 5.74) is 4.12. The van der Waals surface area contributed by atoms with Gasteiger partial charge >= 0.3 is 0 Å². The standard InChI is InChI=1S/C16H14F2N4O/c1-9-2-5-12-14(6-9)22(21-15(12)16(23)20-19)8-10-3-4-11(17)7-13(10)18/h2-7H,8,19H2,1H3,(H,20,23). The average Bonchev–Trinajstić information content (AvgIpc) is 2.87. The van der Waals surface area contributed by atoms with Gasteiger partial charge in [-0.2, -0.15) is 5.10 Å². The lowest BCUT2D eigenvalue weighted by atomic mass is 10.1. The van der Waals surface area contributed by atoms with Crippen molar-refractivity contribution in [2.45, 2.75) is 13.5 Å². The summed E-state index contributed by atoms with van der Waals surface area (Å²) in [6, 6.07) is 8.82. The van der Waals surface area contributed by atoms with Crippen LogP contribution in [-0.2, 0) is 6.54 Å². The molecule has 0 spiro atoms. The first-order valence-electron chi connectivity index (χ1n) is 6.91. The maximum absolute atomic E-state index is 13.9. The molecule has 1 amide bonds. The van der Waals surface area contributed by atoms with Crippen molar-refractivity contribution in [3.05, 3.63) is 64.9 Å². The Bertz CT molecular complexity index is 904. The van der Waals surface area contributed by atoms with E-state index in [0.717, 1.165) is 11.6 Å². The number of amides is 1. The lowest BCUT2D eigenvalue weighted by Gasteiger charge is -2.06. The van der Waals surface area contributed by atoms with E-state index >= 15 is 0 Å². The number of carbonyl (C=O) groups excluding carboxylic acids is 1. The maximum Gasteiger partial charge on any atom is 0.286 e. The molecule has 0 radical (unpaired) electrons. The van der Waals surface area contributed by atoms with Crippen LogP contribution in [0.3, 0.4) is 0 Å². The molecule has 7 heteroatoms. The third kappa shape index (κ3) is 2.78. The summed E-state index contributed by atoms with van der Waals surface area (Å²) in [7, 11) is 0. The average molecular weight is 316 g/mol. The number of fused-ring (bicyclic) bond motifs is 1. The first-order chi connectivity index (χ1) is 11.0. The van der Waals surface area contributed by atoms with Crippen molar-refractivity contribution >= 4 is 16.8 Å². The van der Waals surface area contributed by atoms with Crippen LogP contribution in [0.25, 0.3) is 10.9 Å². The Morgan fingerprint density at radius 3 is 2.74 bits per heavy atom. The SMILES string of the molecule is Cc1ccc2c(C(=O)NN)nn(Cc3ccc(F)cc3F)c2c1. The molecule has 1 heterocycles. The fourth-order valence-corrected chi connectivity index (χ4v) is 2.45. The smallest absolute Gasteiger partial charge is 0.286 e. The number of carbonyl (C=O) groups is 1. The van der Waals surface area contributed by atoms with Crippen molar-refractivity contribution in [1.82, 2.24) is 15.2 Å². The van der Waals surface area contributed by atoms with Gasteiger partial charge in [0.15, 0.2) is 5.69 Å². The number of aromatic nitrogens is 2. The molecule has 3 aromatic rings. The van der Waals surface area contributed by atoms with Crippen LogP contribution in [-0.4, -0.2) is 15.7 Å². The Labute approximate surface area is 130 Å². The minimum Gasteiger partial charge on any atom is -0.289 e. The largest absolute Gasteiger partial charge is 0.289 e. The van der Waals surface area contributed by atoms with Gasteiger partial charge in [0, 0.05) is 17.0 Å². The second kappa shape index (κ2) is 5.77. The molecule has 0 fully saturated rings. The highest BCUT2D eigenvalue weighted by atomic mass is 19.1. The summed E-state index contributed by atoms with van der Waals surface area (Å²) in [6.07, 6.45) is 0. The lowest BCUT2D eigenvalue weighted by Crippen LogP contribution is -2.30. The fourth-order valence-electron chi connectivity index (χ4n) is 2.45. The third-order valence-corrected chi connectivity index (χ3v) is 3.59. The highest BCUT2D eigenvalue weighted by Gasteiger charge is 2.17. The minimum atomic E-state index is -0.661. The van der Waals surface area contributed by atoms with Crippen LogP contribution in [0.15, 0.2) is 36.4 Å². The van der Waals surface area contributed by atoms with E-state index in [9.17, 15) is 13.6 Å². The molecule has 0 unspecified atom stereocenters. The van der Waals surface area contributed by atoms with Crippen molar-refractivity contribution in [2.24, 2.45) is 5.84 Å². The van der Waals surface area contributed by atoms with Gasteiger partial charge in [-0.25, -0.2) is 14.6 Å². The second-order valence-corrected chi connectivity index (χ2v) is 5.24. The summed E-state index contributed by atoms with van der Waals surface area (Å²) in [6.45, 7) is 1.97. The van der Waals surface area contributed by atoms with Crippen LogP contribution in [0.2, 0.25) is 0 Å². The van der Waals surface area contributed by atoms with Crippen LogP contribution < -0.4 is 11.3 Å². The number of hydrogen-bond donors (Lipinski definition) is 2. The van der Waals surface area contributed by atoms with Gasteiger partial charge in [-0.05, 0) is 24.6 Å². The summed E-state index contributed by atoms with van der Waals surface area (Å²) < 4.78 is 28.4. The molecule has 0 aliphatic carbocycles. The molecule has 23 heavy (non-hydrogen) atoms. The molecule has 3 N–H and O–H groups in total. The molecule has 0 bridgehead atoms. The van der Waals surface area contributed by atoms with Crippen LogP contribution in [0, 0.1) is 18.6 Å². The van der Waals surface area contributed by atoms with E-state index in [4.69, 9.17) is 5.84 Å². The van der Waals surface area contributed by atoms with Gasteiger partial charge in [0.2, 0.25) is 0 Å². The van der Waals surface area contributed by atoms with Crippen molar-refractivity contribution in [3.63, 3.8) is 0 Å². The van der Waals surface area contributed by atoms with E-state index in [1.807, 2.05) is 24.5 Å². The van der Waals surface area contributed by atoms with Gasteiger partial charge < -0.3 is 0 Å². The first-order valence-corrected chi connectivity index (χ1v) is 6.91. The summed E-state index contributed by atoms with van der Waals surface area (Å²) in [5, 5.41) is 4.84. The zero-order valence-corrected chi connectivity index (χ0v) is 12.3. The maximum atomic E-state index is 13.9. The predicted octanol–water partition coefficient (Wildman–Crippen LogP) is 2.27. The molecule has 0 aliphatic rings.